The van der Waals surface area contributed by atoms with Crippen LogP contribution >= 0.6 is 11.3 Å². The highest BCUT2D eigenvalue weighted by Crippen LogP contribution is 2.25. The molecule has 3 aromatic heterocycles. The van der Waals surface area contributed by atoms with Gasteiger partial charge in [0.05, 0.1) is 15.9 Å². The van der Waals surface area contributed by atoms with Crippen molar-refractivity contribution < 1.29 is 0 Å². The Balaban J connectivity index is 1.49. The largest absolute Gasteiger partial charge is 0.291 e. The third kappa shape index (κ3) is 3.96. The fraction of sp³-hybridized carbons (Fsp3) is 0.0714. The van der Waals surface area contributed by atoms with Crippen molar-refractivity contribution in [3.05, 3.63) is 117 Å². The third-order valence-electron chi connectivity index (χ3n) is 5.83. The average molecular weight is 476 g/mol. The van der Waals surface area contributed by atoms with Gasteiger partial charge >= 0.3 is 0 Å². The maximum atomic E-state index is 13.2. The van der Waals surface area contributed by atoms with Crippen LogP contribution in [0.4, 0.5) is 0 Å². The Bertz CT molecular complexity index is 1780. The molecule has 35 heavy (non-hydrogen) atoms. The van der Waals surface area contributed by atoms with Gasteiger partial charge in [-0.25, -0.2) is 4.68 Å². The van der Waals surface area contributed by atoms with Gasteiger partial charge in [-0.1, -0.05) is 83.1 Å². The van der Waals surface area contributed by atoms with Crippen LogP contribution in [-0.4, -0.2) is 24.4 Å². The van der Waals surface area contributed by atoms with E-state index in [1.807, 2.05) is 78.5 Å². The molecule has 0 saturated carbocycles. The van der Waals surface area contributed by atoms with Crippen LogP contribution in [0.25, 0.3) is 39.4 Å². The SMILES string of the molecule is Cc1ccc(-c2nn(-c3ccccc3)cc2/C=c2\sc3nc(-c4cccc(C)c4)nn3c2=O)cc1. The van der Waals surface area contributed by atoms with Crippen molar-refractivity contribution in [1.82, 2.24) is 24.4 Å². The summed E-state index contributed by atoms with van der Waals surface area (Å²) in [5.74, 6) is 0.556. The van der Waals surface area contributed by atoms with Gasteiger partial charge in [-0.15, -0.1) is 5.10 Å². The number of nitrogens with zero attached hydrogens (tertiary/aromatic N) is 5. The van der Waals surface area contributed by atoms with E-state index in [0.29, 0.717) is 15.3 Å². The van der Waals surface area contributed by atoms with Crippen LogP contribution in [0.15, 0.2) is 89.9 Å². The summed E-state index contributed by atoms with van der Waals surface area (Å²) in [6.45, 7) is 4.08. The van der Waals surface area contributed by atoms with E-state index in [1.165, 1.54) is 21.4 Å². The molecule has 3 aromatic carbocycles. The highest BCUT2D eigenvalue weighted by molar-refractivity contribution is 7.15. The van der Waals surface area contributed by atoms with Gasteiger partial charge in [-0.3, -0.25) is 4.79 Å². The quantitative estimate of drug-likeness (QED) is 0.366. The molecule has 0 amide bonds. The molecule has 170 valence electrons. The van der Waals surface area contributed by atoms with E-state index >= 15 is 0 Å². The summed E-state index contributed by atoms with van der Waals surface area (Å²) in [7, 11) is 0. The van der Waals surface area contributed by atoms with Gasteiger partial charge < -0.3 is 0 Å². The van der Waals surface area contributed by atoms with Crippen molar-refractivity contribution in [2.75, 3.05) is 0 Å². The first kappa shape index (κ1) is 21.2. The summed E-state index contributed by atoms with van der Waals surface area (Å²) in [5, 5.41) is 9.35. The standard InChI is InChI=1S/C28H21N5OS/c1-18-11-13-20(14-12-18)25-22(17-32(30-25)23-9-4-3-5-10-23)16-24-27(34)33-28(35-24)29-26(31-33)21-8-6-7-19(2)15-21/h3-17H,1-2H3/b24-16-. The molecule has 0 fully saturated rings. The highest BCUT2D eigenvalue weighted by Gasteiger charge is 2.15. The molecule has 0 aliphatic heterocycles. The minimum absolute atomic E-state index is 0.182. The fourth-order valence-corrected chi connectivity index (χ4v) is 4.92. The molecule has 0 N–H and O–H groups in total. The minimum atomic E-state index is -0.182. The van der Waals surface area contributed by atoms with Gasteiger partial charge in [0.25, 0.3) is 5.56 Å². The molecule has 0 saturated heterocycles. The topological polar surface area (TPSA) is 65.1 Å². The van der Waals surface area contributed by atoms with E-state index in [-0.39, 0.29) is 5.56 Å². The maximum Gasteiger partial charge on any atom is 0.291 e. The van der Waals surface area contributed by atoms with Crippen LogP contribution < -0.4 is 10.1 Å². The summed E-state index contributed by atoms with van der Waals surface area (Å²) in [4.78, 5) is 18.4. The predicted molar refractivity (Wildman–Crippen MR) is 140 cm³/mol. The molecule has 0 unspecified atom stereocenters. The molecule has 6 rings (SSSR count). The molecule has 3 heterocycles. The molecular formula is C28H21N5OS. The molecule has 0 atom stereocenters. The van der Waals surface area contributed by atoms with Gasteiger partial charge in [0.15, 0.2) is 5.82 Å². The van der Waals surface area contributed by atoms with Crippen molar-refractivity contribution in [2.45, 2.75) is 13.8 Å². The third-order valence-corrected chi connectivity index (χ3v) is 6.79. The van der Waals surface area contributed by atoms with Gasteiger partial charge in [0.1, 0.15) is 0 Å². The first-order valence-electron chi connectivity index (χ1n) is 11.3. The lowest BCUT2D eigenvalue weighted by molar-refractivity contribution is 0.884. The molecular weight excluding hydrogens is 454 g/mol. The van der Waals surface area contributed by atoms with Crippen LogP contribution in [0.5, 0.6) is 0 Å². The Hall–Kier alpha value is -4.36. The van der Waals surface area contributed by atoms with Gasteiger partial charge in [0.2, 0.25) is 4.96 Å². The molecule has 6 nitrogen and oxygen atoms in total. The molecule has 0 aliphatic rings. The number of rotatable bonds is 4. The number of hydrogen-bond donors (Lipinski definition) is 0. The van der Waals surface area contributed by atoms with Gasteiger partial charge in [-0.05, 0) is 38.1 Å². The second kappa shape index (κ2) is 8.45. The van der Waals surface area contributed by atoms with E-state index in [4.69, 9.17) is 5.10 Å². The zero-order valence-corrected chi connectivity index (χ0v) is 20.0. The smallest absolute Gasteiger partial charge is 0.266 e. The summed E-state index contributed by atoms with van der Waals surface area (Å²) in [6, 6.07) is 26.1. The lowest BCUT2D eigenvalue weighted by Gasteiger charge is -2.01. The first-order valence-corrected chi connectivity index (χ1v) is 12.1. The second-order valence-electron chi connectivity index (χ2n) is 8.49. The lowest BCUT2D eigenvalue weighted by atomic mass is 10.1. The molecule has 0 radical (unpaired) electrons. The molecule has 6 aromatic rings. The van der Waals surface area contributed by atoms with Crippen LogP contribution in [-0.2, 0) is 0 Å². The number of thiazole rings is 1. The summed E-state index contributed by atoms with van der Waals surface area (Å²) in [5.41, 5.74) is 6.63. The molecule has 0 aliphatic carbocycles. The number of fused-ring (bicyclic) bond motifs is 1. The van der Waals surface area contributed by atoms with E-state index in [2.05, 4.69) is 41.3 Å². The monoisotopic (exact) mass is 475 g/mol. The lowest BCUT2D eigenvalue weighted by Crippen LogP contribution is -2.23. The second-order valence-corrected chi connectivity index (χ2v) is 9.50. The van der Waals surface area contributed by atoms with Crippen molar-refractivity contribution in [1.29, 1.82) is 0 Å². The molecule has 0 spiro atoms. The number of benzene rings is 3. The normalized spacial score (nSPS) is 12.0. The van der Waals surface area contributed by atoms with Crippen molar-refractivity contribution in [3.8, 4) is 28.3 Å². The van der Waals surface area contributed by atoms with E-state index in [9.17, 15) is 4.79 Å². The van der Waals surface area contributed by atoms with Gasteiger partial charge in [-0.2, -0.15) is 14.6 Å². The van der Waals surface area contributed by atoms with Crippen LogP contribution in [0.2, 0.25) is 0 Å². The summed E-state index contributed by atoms with van der Waals surface area (Å²) < 4.78 is 3.80. The zero-order chi connectivity index (χ0) is 23.9. The highest BCUT2D eigenvalue weighted by atomic mass is 32.1. The summed E-state index contributed by atoms with van der Waals surface area (Å²) >= 11 is 1.33. The predicted octanol–water partition coefficient (Wildman–Crippen LogP) is 4.84. The van der Waals surface area contributed by atoms with E-state index in [0.717, 1.165) is 33.6 Å². The molecule has 0 bridgehead atoms. The molecule has 7 heteroatoms. The maximum absolute atomic E-state index is 13.2. The Morgan fingerprint density at radius 1 is 0.829 bits per heavy atom. The van der Waals surface area contributed by atoms with Gasteiger partial charge in [0, 0.05) is 22.9 Å². The Morgan fingerprint density at radius 2 is 1.63 bits per heavy atom. The van der Waals surface area contributed by atoms with Crippen LogP contribution in [0, 0.1) is 13.8 Å². The fourth-order valence-electron chi connectivity index (χ4n) is 4.02. The number of para-hydroxylation sites is 1. The summed E-state index contributed by atoms with van der Waals surface area (Å²) in [6.07, 6.45) is 3.84. The van der Waals surface area contributed by atoms with E-state index < -0.39 is 0 Å². The van der Waals surface area contributed by atoms with E-state index in [1.54, 1.807) is 0 Å². The zero-order valence-electron chi connectivity index (χ0n) is 19.2. The van der Waals surface area contributed by atoms with Crippen molar-refractivity contribution in [3.63, 3.8) is 0 Å². The average Bonchev–Trinajstić information content (AvgIpc) is 3.56. The van der Waals surface area contributed by atoms with Crippen LogP contribution in [0.3, 0.4) is 0 Å². The first-order chi connectivity index (χ1) is 17.0. The number of hydrogen-bond acceptors (Lipinski definition) is 5. The Labute approximate surface area is 205 Å². The number of aryl methyl sites for hydroxylation is 2. The Morgan fingerprint density at radius 3 is 2.37 bits per heavy atom. The van der Waals surface area contributed by atoms with Crippen molar-refractivity contribution >= 4 is 22.4 Å². The minimum Gasteiger partial charge on any atom is -0.266 e. The Kier molecular flexibility index (Phi) is 5.12. The van der Waals surface area contributed by atoms with Crippen molar-refractivity contribution in [2.24, 2.45) is 0 Å². The number of aromatic nitrogens is 5. The van der Waals surface area contributed by atoms with Crippen LogP contribution in [0.1, 0.15) is 16.7 Å².